The van der Waals surface area contributed by atoms with Crippen molar-refractivity contribution < 1.29 is 22.5 Å². The van der Waals surface area contributed by atoms with Gasteiger partial charge >= 0.3 is 0 Å². The van der Waals surface area contributed by atoms with Crippen LogP contribution in [0.25, 0.3) is 11.1 Å². The van der Waals surface area contributed by atoms with Gasteiger partial charge in [-0.05, 0) is 100 Å². The van der Waals surface area contributed by atoms with Crippen LogP contribution in [0.5, 0.6) is 0 Å². The summed E-state index contributed by atoms with van der Waals surface area (Å²) >= 11 is 0. The Kier molecular flexibility index (Phi) is 9.68. The number of rotatable bonds is 13. The second-order valence-corrected chi connectivity index (χ2v) is 15.6. The summed E-state index contributed by atoms with van der Waals surface area (Å²) in [5.74, 6) is 1.60. The van der Waals surface area contributed by atoms with Crippen LogP contribution in [0.4, 0.5) is 5.82 Å². The fourth-order valence-electron chi connectivity index (χ4n) is 7.52. The van der Waals surface area contributed by atoms with Crippen LogP contribution in [-0.2, 0) is 32.7 Å². The number of nitrogens with one attached hydrogen (secondary N) is 1. The standard InChI is InChI=1S/C38H49N3O5S/c1-6-7-14-33-35(29-17-18-29)38(20-11-8-12-21-38)37(42)41(33)23-28-16-19-31(30(22-28)24-45-25(2)3)32-13-9-10-15-34(32)47(43,44)40-36-26(4)27(5)46-39-36/h9-10,13,15-16,19,22,25,29H,6-8,11-12,14,17-18,20-21,23-24H2,1-5H3,(H,39,40). The van der Waals surface area contributed by atoms with Gasteiger partial charge in [0.1, 0.15) is 5.76 Å². The lowest BCUT2D eigenvalue weighted by Crippen LogP contribution is -2.38. The molecule has 0 unspecified atom stereocenters. The van der Waals surface area contributed by atoms with Crippen LogP contribution in [0.3, 0.4) is 0 Å². The van der Waals surface area contributed by atoms with Crippen molar-refractivity contribution in [2.24, 2.45) is 11.3 Å². The van der Waals surface area contributed by atoms with Crippen molar-refractivity contribution in [2.75, 3.05) is 4.72 Å². The lowest BCUT2D eigenvalue weighted by atomic mass is 9.68. The molecule has 2 aliphatic carbocycles. The van der Waals surface area contributed by atoms with Gasteiger partial charge in [-0.2, -0.15) is 0 Å². The third kappa shape index (κ3) is 6.66. The van der Waals surface area contributed by atoms with E-state index >= 15 is 0 Å². The maximum absolute atomic E-state index is 14.5. The van der Waals surface area contributed by atoms with E-state index in [2.05, 4.69) is 27.8 Å². The molecule has 0 atom stereocenters. The van der Waals surface area contributed by atoms with Gasteiger partial charge < -0.3 is 14.2 Å². The Morgan fingerprint density at radius 2 is 1.81 bits per heavy atom. The Bertz CT molecular complexity index is 1760. The van der Waals surface area contributed by atoms with Crippen molar-refractivity contribution in [2.45, 2.75) is 123 Å². The Balaban J connectivity index is 1.37. The molecule has 1 N–H and O–H groups in total. The summed E-state index contributed by atoms with van der Waals surface area (Å²) in [6, 6.07) is 13.1. The normalized spacial score (nSPS) is 18.2. The van der Waals surface area contributed by atoms with Crippen LogP contribution in [0, 0.1) is 25.2 Å². The Labute approximate surface area is 280 Å². The van der Waals surface area contributed by atoms with Gasteiger partial charge in [-0.3, -0.25) is 9.52 Å². The van der Waals surface area contributed by atoms with Crippen molar-refractivity contribution in [1.29, 1.82) is 0 Å². The molecule has 1 amide bonds. The molecule has 0 bridgehead atoms. The van der Waals surface area contributed by atoms with E-state index in [4.69, 9.17) is 9.26 Å². The molecule has 0 saturated heterocycles. The fraction of sp³-hybridized carbons (Fsp3) is 0.526. The highest BCUT2D eigenvalue weighted by Gasteiger charge is 2.55. The summed E-state index contributed by atoms with van der Waals surface area (Å²) in [4.78, 5) is 16.8. The van der Waals surface area contributed by atoms with Crippen LogP contribution in [0.15, 0.2) is 63.2 Å². The van der Waals surface area contributed by atoms with Gasteiger partial charge in [-0.1, -0.05) is 74.2 Å². The minimum atomic E-state index is -4.00. The third-order valence-corrected chi connectivity index (χ3v) is 11.6. The molecule has 47 heavy (non-hydrogen) atoms. The van der Waals surface area contributed by atoms with E-state index in [-0.39, 0.29) is 22.2 Å². The van der Waals surface area contributed by atoms with Crippen LogP contribution < -0.4 is 4.72 Å². The maximum atomic E-state index is 14.5. The number of aryl methyl sites for hydroxylation is 1. The van der Waals surface area contributed by atoms with E-state index in [0.717, 1.165) is 61.6 Å². The largest absolute Gasteiger partial charge is 0.374 e. The number of aromatic nitrogens is 1. The monoisotopic (exact) mass is 659 g/mol. The highest BCUT2D eigenvalue weighted by atomic mass is 32.2. The number of carbonyl (C=O) groups excluding carboxylic acids is 1. The van der Waals surface area contributed by atoms with E-state index in [9.17, 15) is 13.2 Å². The number of hydrogen-bond acceptors (Lipinski definition) is 6. The van der Waals surface area contributed by atoms with Crippen molar-refractivity contribution in [3.8, 4) is 11.1 Å². The molecule has 2 saturated carbocycles. The lowest BCUT2D eigenvalue weighted by molar-refractivity contribution is -0.137. The van der Waals surface area contributed by atoms with E-state index in [0.29, 0.717) is 41.9 Å². The molecule has 1 spiro atoms. The number of allylic oxidation sites excluding steroid dienone is 1. The second-order valence-electron chi connectivity index (χ2n) is 13.9. The van der Waals surface area contributed by atoms with Gasteiger partial charge in [-0.25, -0.2) is 8.42 Å². The summed E-state index contributed by atoms with van der Waals surface area (Å²) in [5, 5.41) is 3.92. The molecule has 0 radical (unpaired) electrons. The number of unbranched alkanes of at least 4 members (excludes halogenated alkanes) is 1. The zero-order valence-electron chi connectivity index (χ0n) is 28.5. The Morgan fingerprint density at radius 1 is 1.06 bits per heavy atom. The number of amides is 1. The average molecular weight is 660 g/mol. The second kappa shape index (κ2) is 13.6. The van der Waals surface area contributed by atoms with Crippen molar-refractivity contribution >= 4 is 21.7 Å². The maximum Gasteiger partial charge on any atom is 0.263 e. The quantitative estimate of drug-likeness (QED) is 0.197. The predicted molar refractivity (Wildman–Crippen MR) is 184 cm³/mol. The summed E-state index contributed by atoms with van der Waals surface area (Å²) in [7, 11) is -4.00. The zero-order valence-corrected chi connectivity index (χ0v) is 29.3. The van der Waals surface area contributed by atoms with Gasteiger partial charge in [0.25, 0.3) is 10.0 Å². The Morgan fingerprint density at radius 3 is 2.47 bits per heavy atom. The third-order valence-electron chi connectivity index (χ3n) is 10.2. The summed E-state index contributed by atoms with van der Waals surface area (Å²) in [6.07, 6.45) is 10.9. The van der Waals surface area contributed by atoms with E-state index in [1.54, 1.807) is 26.0 Å². The molecule has 8 nitrogen and oxygen atoms in total. The number of ether oxygens (including phenoxy) is 1. The molecule has 252 valence electrons. The topological polar surface area (TPSA) is 102 Å². The molecular weight excluding hydrogens is 611 g/mol. The zero-order chi connectivity index (χ0) is 33.3. The molecule has 6 rings (SSSR count). The molecule has 2 fully saturated rings. The van der Waals surface area contributed by atoms with Crippen LogP contribution in [0.2, 0.25) is 0 Å². The molecule has 2 heterocycles. The highest BCUT2D eigenvalue weighted by molar-refractivity contribution is 7.92. The molecule has 3 aromatic rings. The van der Waals surface area contributed by atoms with Gasteiger partial charge in [0.2, 0.25) is 5.91 Å². The average Bonchev–Trinajstić information content (AvgIpc) is 3.82. The number of hydrogen-bond donors (Lipinski definition) is 1. The smallest absolute Gasteiger partial charge is 0.263 e. The molecule has 9 heteroatoms. The summed E-state index contributed by atoms with van der Waals surface area (Å²) < 4.78 is 41.5. The molecule has 3 aliphatic rings. The first-order chi connectivity index (χ1) is 22.6. The van der Waals surface area contributed by atoms with Crippen molar-refractivity contribution in [1.82, 2.24) is 10.1 Å². The molecule has 1 aromatic heterocycles. The minimum Gasteiger partial charge on any atom is -0.374 e. The van der Waals surface area contributed by atoms with Gasteiger partial charge in [0.15, 0.2) is 5.82 Å². The van der Waals surface area contributed by atoms with Gasteiger partial charge in [0.05, 0.1) is 29.6 Å². The molecule has 1 aliphatic heterocycles. The van der Waals surface area contributed by atoms with Crippen LogP contribution in [-0.4, -0.2) is 30.5 Å². The number of sulfonamides is 1. The first-order valence-corrected chi connectivity index (χ1v) is 18.9. The van der Waals surface area contributed by atoms with Gasteiger partial charge in [-0.15, -0.1) is 0 Å². The van der Waals surface area contributed by atoms with E-state index in [1.807, 2.05) is 38.1 Å². The summed E-state index contributed by atoms with van der Waals surface area (Å²) in [6.45, 7) is 10.5. The minimum absolute atomic E-state index is 0.0125. The first-order valence-electron chi connectivity index (χ1n) is 17.4. The number of benzene rings is 2. The molecular formula is C38H49N3O5S. The summed E-state index contributed by atoms with van der Waals surface area (Å²) in [5.41, 5.74) is 6.34. The van der Waals surface area contributed by atoms with Crippen LogP contribution >= 0.6 is 0 Å². The van der Waals surface area contributed by atoms with E-state index < -0.39 is 10.0 Å². The van der Waals surface area contributed by atoms with E-state index in [1.165, 1.54) is 30.5 Å². The highest BCUT2D eigenvalue weighted by Crippen LogP contribution is 2.58. The SMILES string of the molecule is CCCCC1=C(C2CC2)C2(CCCCC2)C(=O)N1Cc1ccc(-c2ccccc2S(=O)(=O)Nc2noc(C)c2C)c(COC(C)C)c1. The van der Waals surface area contributed by atoms with Crippen LogP contribution in [0.1, 0.15) is 107 Å². The number of carbonyl (C=O) groups is 1. The Hall–Kier alpha value is -3.43. The van der Waals surface area contributed by atoms with Gasteiger partial charge in [0, 0.05) is 16.8 Å². The molecule has 2 aromatic carbocycles. The number of nitrogens with zero attached hydrogens (tertiary/aromatic N) is 2. The number of anilines is 1. The first kappa shape index (κ1) is 33.5. The van der Waals surface area contributed by atoms with Crippen molar-refractivity contribution in [3.63, 3.8) is 0 Å². The lowest BCUT2D eigenvalue weighted by Gasteiger charge is -2.35. The van der Waals surface area contributed by atoms with Crippen molar-refractivity contribution in [3.05, 3.63) is 76.2 Å². The fourth-order valence-corrected chi connectivity index (χ4v) is 8.80. The predicted octanol–water partition coefficient (Wildman–Crippen LogP) is 8.83.